The minimum absolute atomic E-state index is 0. The number of benzene rings is 1. The van der Waals surface area contributed by atoms with Gasteiger partial charge in [-0.2, -0.15) is 0 Å². The van der Waals surface area contributed by atoms with Crippen LogP contribution < -0.4 is 15.2 Å². The number of hydrogen-bond acceptors (Lipinski definition) is 6. The topological polar surface area (TPSA) is 125 Å². The zero-order chi connectivity index (χ0) is 16.4. The average Bonchev–Trinajstić information content (AvgIpc) is 2.94. The molecule has 1 aliphatic carbocycles. The van der Waals surface area contributed by atoms with E-state index in [1.165, 1.54) is 13.2 Å². The predicted octanol–water partition coefficient (Wildman–Crippen LogP) is 1.57. The van der Waals surface area contributed by atoms with Gasteiger partial charge in [0.15, 0.2) is 5.75 Å². The molecular weight excluding hydrogens is 346 g/mol. The standard InChI is InChI=1S/C13H19N3O5S.ClH/c1-21-12-8-10(4-5-11(12)16(17)18)22(19,20)15-13(9-14)6-2-3-7-13;/h4-5,8,15H,2-3,6-7,9,14H2,1H3;1H. The lowest BCUT2D eigenvalue weighted by Crippen LogP contribution is -2.51. The SMILES string of the molecule is COc1cc(S(=O)(=O)NC2(CN)CCCC2)ccc1[N+](=O)[O-].Cl. The van der Waals surface area contributed by atoms with Crippen LogP contribution in [0.1, 0.15) is 25.7 Å². The molecule has 0 radical (unpaired) electrons. The Morgan fingerprint density at radius 3 is 2.48 bits per heavy atom. The molecule has 0 saturated heterocycles. The number of nitro benzene ring substituents is 1. The molecule has 3 N–H and O–H groups in total. The molecule has 0 heterocycles. The number of nitrogens with zero attached hydrogens (tertiary/aromatic N) is 1. The second-order valence-electron chi connectivity index (χ2n) is 5.39. The Balaban J connectivity index is 0.00000264. The van der Waals surface area contributed by atoms with Crippen LogP contribution >= 0.6 is 12.4 Å². The summed E-state index contributed by atoms with van der Waals surface area (Å²) in [6, 6.07) is 3.47. The maximum absolute atomic E-state index is 12.5. The van der Waals surface area contributed by atoms with Gasteiger partial charge < -0.3 is 10.5 Å². The third-order valence-electron chi connectivity index (χ3n) is 3.96. The molecule has 8 nitrogen and oxygen atoms in total. The Morgan fingerprint density at radius 2 is 2.00 bits per heavy atom. The van der Waals surface area contributed by atoms with E-state index in [0.29, 0.717) is 12.8 Å². The number of nitrogens with one attached hydrogen (secondary N) is 1. The first-order chi connectivity index (χ1) is 10.3. The smallest absolute Gasteiger partial charge is 0.310 e. The van der Waals surface area contributed by atoms with E-state index in [4.69, 9.17) is 10.5 Å². The summed E-state index contributed by atoms with van der Waals surface area (Å²) in [6.45, 7) is 0.219. The fourth-order valence-electron chi connectivity index (χ4n) is 2.72. The van der Waals surface area contributed by atoms with E-state index in [-0.39, 0.29) is 35.3 Å². The zero-order valence-corrected chi connectivity index (χ0v) is 14.3. The first-order valence-corrected chi connectivity index (χ1v) is 8.38. The summed E-state index contributed by atoms with van der Waals surface area (Å²) in [6.07, 6.45) is 3.21. The fourth-order valence-corrected chi connectivity index (χ4v) is 4.20. The lowest BCUT2D eigenvalue weighted by molar-refractivity contribution is -0.385. The molecule has 0 bridgehead atoms. The Bertz CT molecular complexity index is 674. The van der Waals surface area contributed by atoms with Crippen molar-refractivity contribution >= 4 is 28.1 Å². The molecule has 23 heavy (non-hydrogen) atoms. The zero-order valence-electron chi connectivity index (χ0n) is 12.6. The fraction of sp³-hybridized carbons (Fsp3) is 0.538. The van der Waals surface area contributed by atoms with Crippen LogP contribution in [0.2, 0.25) is 0 Å². The van der Waals surface area contributed by atoms with Gasteiger partial charge in [0.25, 0.3) is 0 Å². The van der Waals surface area contributed by atoms with Crippen molar-refractivity contribution in [1.82, 2.24) is 4.72 Å². The molecule has 0 atom stereocenters. The lowest BCUT2D eigenvalue weighted by atomic mass is 10.0. The molecule has 0 unspecified atom stereocenters. The van der Waals surface area contributed by atoms with Crippen molar-refractivity contribution in [1.29, 1.82) is 0 Å². The van der Waals surface area contributed by atoms with Crippen LogP contribution in [0.3, 0.4) is 0 Å². The molecule has 130 valence electrons. The van der Waals surface area contributed by atoms with E-state index in [1.54, 1.807) is 0 Å². The van der Waals surface area contributed by atoms with Crippen molar-refractivity contribution in [2.45, 2.75) is 36.1 Å². The van der Waals surface area contributed by atoms with Crippen molar-refractivity contribution in [3.05, 3.63) is 28.3 Å². The number of rotatable bonds is 6. The van der Waals surface area contributed by atoms with Crippen molar-refractivity contribution in [2.24, 2.45) is 5.73 Å². The van der Waals surface area contributed by atoms with Gasteiger partial charge in [0, 0.05) is 24.2 Å². The molecule has 0 spiro atoms. The van der Waals surface area contributed by atoms with E-state index < -0.39 is 20.5 Å². The molecule has 1 aliphatic rings. The van der Waals surface area contributed by atoms with Gasteiger partial charge >= 0.3 is 5.69 Å². The third-order valence-corrected chi connectivity index (χ3v) is 5.54. The van der Waals surface area contributed by atoms with Gasteiger partial charge in [0.2, 0.25) is 10.0 Å². The second-order valence-corrected chi connectivity index (χ2v) is 7.07. The highest BCUT2D eigenvalue weighted by molar-refractivity contribution is 7.89. The molecule has 2 rings (SSSR count). The number of ether oxygens (including phenoxy) is 1. The summed E-state index contributed by atoms with van der Waals surface area (Å²) in [5.41, 5.74) is 4.82. The summed E-state index contributed by atoms with van der Waals surface area (Å²) in [4.78, 5) is 10.2. The minimum Gasteiger partial charge on any atom is -0.490 e. The lowest BCUT2D eigenvalue weighted by Gasteiger charge is -2.28. The molecule has 0 aliphatic heterocycles. The van der Waals surface area contributed by atoms with E-state index in [9.17, 15) is 18.5 Å². The Labute approximate surface area is 141 Å². The molecule has 10 heteroatoms. The van der Waals surface area contributed by atoms with Crippen LogP contribution in [0.5, 0.6) is 5.75 Å². The Kier molecular flexibility index (Phi) is 6.34. The van der Waals surface area contributed by atoms with Gasteiger partial charge in [-0.1, -0.05) is 12.8 Å². The van der Waals surface area contributed by atoms with E-state index in [0.717, 1.165) is 25.0 Å². The van der Waals surface area contributed by atoms with Crippen LogP contribution in [0.4, 0.5) is 5.69 Å². The number of methoxy groups -OCH3 is 1. The predicted molar refractivity (Wildman–Crippen MR) is 87.5 cm³/mol. The highest BCUT2D eigenvalue weighted by Crippen LogP contribution is 2.33. The number of nitrogens with two attached hydrogens (primary N) is 1. The van der Waals surface area contributed by atoms with Gasteiger partial charge in [-0.15, -0.1) is 12.4 Å². The molecular formula is C13H20ClN3O5S. The van der Waals surface area contributed by atoms with Crippen molar-refractivity contribution < 1.29 is 18.1 Å². The molecule has 1 aromatic carbocycles. The van der Waals surface area contributed by atoms with Crippen molar-refractivity contribution in [3.8, 4) is 5.75 Å². The van der Waals surface area contributed by atoms with Crippen LogP contribution in [-0.4, -0.2) is 32.5 Å². The van der Waals surface area contributed by atoms with Crippen LogP contribution in [-0.2, 0) is 10.0 Å². The largest absolute Gasteiger partial charge is 0.490 e. The van der Waals surface area contributed by atoms with Gasteiger partial charge in [-0.05, 0) is 18.9 Å². The molecule has 1 saturated carbocycles. The highest BCUT2D eigenvalue weighted by Gasteiger charge is 2.37. The normalized spacial score (nSPS) is 16.6. The maximum Gasteiger partial charge on any atom is 0.310 e. The van der Waals surface area contributed by atoms with Crippen LogP contribution in [0.15, 0.2) is 23.1 Å². The monoisotopic (exact) mass is 365 g/mol. The van der Waals surface area contributed by atoms with Crippen LogP contribution in [0.25, 0.3) is 0 Å². The molecule has 0 aromatic heterocycles. The summed E-state index contributed by atoms with van der Waals surface area (Å²) in [5, 5.41) is 10.9. The van der Waals surface area contributed by atoms with E-state index >= 15 is 0 Å². The molecule has 0 amide bonds. The summed E-state index contributed by atoms with van der Waals surface area (Å²) in [7, 11) is -2.57. The quantitative estimate of drug-likeness (QED) is 0.582. The van der Waals surface area contributed by atoms with Gasteiger partial charge in [-0.3, -0.25) is 10.1 Å². The van der Waals surface area contributed by atoms with Crippen molar-refractivity contribution in [3.63, 3.8) is 0 Å². The maximum atomic E-state index is 12.5. The summed E-state index contributed by atoms with van der Waals surface area (Å²) >= 11 is 0. The van der Waals surface area contributed by atoms with Gasteiger partial charge in [0.1, 0.15) is 0 Å². The number of hydrogen-bond donors (Lipinski definition) is 2. The van der Waals surface area contributed by atoms with Crippen molar-refractivity contribution in [2.75, 3.05) is 13.7 Å². The number of nitro groups is 1. The van der Waals surface area contributed by atoms with E-state index in [2.05, 4.69) is 4.72 Å². The Hall–Kier alpha value is -1.42. The summed E-state index contributed by atoms with van der Waals surface area (Å²) < 4.78 is 32.6. The first kappa shape index (κ1) is 19.6. The second kappa shape index (κ2) is 7.43. The average molecular weight is 366 g/mol. The number of sulfonamides is 1. The highest BCUT2D eigenvalue weighted by atomic mass is 35.5. The third kappa shape index (κ3) is 4.11. The van der Waals surface area contributed by atoms with E-state index in [1.807, 2.05) is 0 Å². The van der Waals surface area contributed by atoms with Crippen LogP contribution in [0, 0.1) is 10.1 Å². The summed E-state index contributed by atoms with van der Waals surface area (Å²) in [5.74, 6) is -0.0962. The van der Waals surface area contributed by atoms with Gasteiger partial charge in [-0.25, -0.2) is 13.1 Å². The Morgan fingerprint density at radius 1 is 1.39 bits per heavy atom. The number of halogens is 1. The first-order valence-electron chi connectivity index (χ1n) is 6.90. The molecule has 1 aromatic rings. The molecule has 1 fully saturated rings. The minimum atomic E-state index is -3.82. The van der Waals surface area contributed by atoms with Gasteiger partial charge in [0.05, 0.1) is 16.9 Å².